The maximum absolute atomic E-state index is 13.7. The van der Waals surface area contributed by atoms with Gasteiger partial charge >= 0.3 is 0 Å². The molecule has 0 spiro atoms. The van der Waals surface area contributed by atoms with Gasteiger partial charge in [0.15, 0.2) is 5.65 Å². The standard InChI is InChI=1S/C35H44N6OSi/c1-24(2)43(25(3)4,26(5)6)20-17-28-21-33(42)41(31-11-9-8-10-12-31)34-32(28)22-37-35(39-34)38-29-13-15-30(16-14-29)40-19-18-36-27(7)23-40/h8-16,21-22,24-27,36H,18-19,23H2,1-7H3,(H,37,38,39). The molecule has 1 aliphatic rings. The van der Waals surface area contributed by atoms with Crippen molar-refractivity contribution >= 4 is 36.4 Å². The van der Waals surface area contributed by atoms with Crippen molar-refractivity contribution in [1.29, 1.82) is 0 Å². The fraction of sp³-hybridized carbons (Fsp3) is 0.400. The van der Waals surface area contributed by atoms with E-state index in [9.17, 15) is 4.79 Å². The number of hydrogen-bond acceptors (Lipinski definition) is 6. The van der Waals surface area contributed by atoms with Crippen LogP contribution in [0.5, 0.6) is 0 Å². The molecule has 1 saturated heterocycles. The molecular formula is C35H44N6OSi. The predicted molar refractivity (Wildman–Crippen MR) is 182 cm³/mol. The molecule has 7 nitrogen and oxygen atoms in total. The van der Waals surface area contributed by atoms with Crippen molar-refractivity contribution in [2.24, 2.45) is 0 Å². The van der Waals surface area contributed by atoms with E-state index in [-0.39, 0.29) is 5.56 Å². The number of nitrogens with one attached hydrogen (secondary N) is 2. The Morgan fingerprint density at radius 2 is 1.63 bits per heavy atom. The second kappa shape index (κ2) is 12.7. The first kappa shape index (κ1) is 30.5. The molecule has 2 aromatic carbocycles. The number of hydrogen-bond donors (Lipinski definition) is 2. The third kappa shape index (κ3) is 6.24. The average molecular weight is 593 g/mol. The van der Waals surface area contributed by atoms with Crippen LogP contribution in [-0.4, -0.2) is 48.3 Å². The number of fused-ring (bicyclic) bond motifs is 1. The Kier molecular flexibility index (Phi) is 9.04. The van der Waals surface area contributed by atoms with E-state index in [1.54, 1.807) is 16.8 Å². The van der Waals surface area contributed by atoms with E-state index in [0.717, 1.165) is 36.4 Å². The van der Waals surface area contributed by atoms with Gasteiger partial charge < -0.3 is 15.5 Å². The second-order valence-corrected chi connectivity index (χ2v) is 18.2. The van der Waals surface area contributed by atoms with Crippen LogP contribution in [0.15, 0.2) is 71.7 Å². The van der Waals surface area contributed by atoms with Gasteiger partial charge in [0.2, 0.25) is 5.95 Å². The van der Waals surface area contributed by atoms with Gasteiger partial charge in [-0.1, -0.05) is 65.7 Å². The minimum absolute atomic E-state index is 0.159. The summed E-state index contributed by atoms with van der Waals surface area (Å²) >= 11 is 0. The summed E-state index contributed by atoms with van der Waals surface area (Å²) in [7, 11) is -2.01. The van der Waals surface area contributed by atoms with Gasteiger partial charge in [0.25, 0.3) is 5.56 Å². The van der Waals surface area contributed by atoms with Crippen molar-refractivity contribution in [3.05, 3.63) is 82.8 Å². The summed E-state index contributed by atoms with van der Waals surface area (Å²) in [6.45, 7) is 18.9. The Morgan fingerprint density at radius 3 is 2.26 bits per heavy atom. The zero-order valence-corrected chi connectivity index (χ0v) is 27.5. The Bertz CT molecular complexity index is 1660. The Morgan fingerprint density at radius 1 is 0.953 bits per heavy atom. The molecule has 4 aromatic rings. The van der Waals surface area contributed by atoms with E-state index in [0.29, 0.717) is 39.8 Å². The van der Waals surface area contributed by atoms with E-state index < -0.39 is 8.07 Å². The number of rotatable bonds is 7. The summed E-state index contributed by atoms with van der Waals surface area (Å²) in [6.07, 6.45) is 1.80. The lowest BCUT2D eigenvalue weighted by Crippen LogP contribution is -2.49. The summed E-state index contributed by atoms with van der Waals surface area (Å²) in [6, 6.07) is 20.1. The third-order valence-electron chi connectivity index (χ3n) is 8.91. The van der Waals surface area contributed by atoms with Gasteiger partial charge in [-0.15, -0.1) is 5.54 Å². The van der Waals surface area contributed by atoms with Crippen molar-refractivity contribution in [2.75, 3.05) is 29.9 Å². The van der Waals surface area contributed by atoms with Crippen LogP contribution < -0.4 is 21.1 Å². The maximum Gasteiger partial charge on any atom is 0.258 e. The number of para-hydroxylation sites is 1. The average Bonchev–Trinajstić information content (AvgIpc) is 2.97. The van der Waals surface area contributed by atoms with Crippen LogP contribution in [0.3, 0.4) is 0 Å². The zero-order chi connectivity index (χ0) is 30.7. The van der Waals surface area contributed by atoms with Gasteiger partial charge in [-0.3, -0.25) is 9.36 Å². The normalized spacial score (nSPS) is 15.7. The van der Waals surface area contributed by atoms with Crippen molar-refractivity contribution in [2.45, 2.75) is 71.1 Å². The number of anilines is 3. The van der Waals surface area contributed by atoms with Gasteiger partial charge in [-0.25, -0.2) is 4.98 Å². The highest BCUT2D eigenvalue weighted by Gasteiger charge is 2.41. The van der Waals surface area contributed by atoms with E-state index in [2.05, 4.69) is 105 Å². The summed E-state index contributed by atoms with van der Waals surface area (Å²) in [5.74, 6) is 3.92. The van der Waals surface area contributed by atoms with Crippen molar-refractivity contribution < 1.29 is 0 Å². The molecule has 8 heteroatoms. The number of pyridine rings is 1. The quantitative estimate of drug-likeness (QED) is 0.180. The molecule has 0 amide bonds. The highest BCUT2D eigenvalue weighted by molar-refractivity contribution is 6.90. The van der Waals surface area contributed by atoms with Crippen LogP contribution in [0.25, 0.3) is 16.7 Å². The van der Waals surface area contributed by atoms with Crippen molar-refractivity contribution in [3.8, 4) is 17.2 Å². The topological polar surface area (TPSA) is 75.1 Å². The molecule has 224 valence electrons. The largest absolute Gasteiger partial charge is 0.369 e. The van der Waals surface area contributed by atoms with E-state index in [1.807, 2.05) is 30.3 Å². The molecule has 0 radical (unpaired) electrons. The van der Waals surface area contributed by atoms with Crippen LogP contribution >= 0.6 is 0 Å². The van der Waals surface area contributed by atoms with Crippen LogP contribution in [0.2, 0.25) is 16.6 Å². The number of piperazine rings is 1. The van der Waals surface area contributed by atoms with Gasteiger partial charge in [0, 0.05) is 54.9 Å². The highest BCUT2D eigenvalue weighted by Crippen LogP contribution is 2.41. The number of benzene rings is 2. The van der Waals surface area contributed by atoms with Crippen molar-refractivity contribution in [1.82, 2.24) is 19.9 Å². The van der Waals surface area contributed by atoms with Crippen LogP contribution in [0, 0.1) is 11.5 Å². The fourth-order valence-corrected chi connectivity index (χ4v) is 12.0. The molecule has 0 aliphatic carbocycles. The Hall–Kier alpha value is -3.93. The van der Waals surface area contributed by atoms with E-state index in [4.69, 9.17) is 4.98 Å². The molecule has 1 atom stereocenters. The first-order chi connectivity index (χ1) is 20.6. The SMILES string of the molecule is CC1CN(c2ccc(Nc3ncc4c(C#C[Si](C(C)C)(C(C)C)C(C)C)cc(=O)n(-c5ccccc5)c4n3)cc2)CCN1. The number of aromatic nitrogens is 3. The number of nitrogens with zero attached hydrogens (tertiary/aromatic N) is 4. The first-order valence-corrected chi connectivity index (χ1v) is 17.7. The van der Waals surface area contributed by atoms with Gasteiger partial charge in [-0.2, -0.15) is 4.98 Å². The molecule has 2 N–H and O–H groups in total. The van der Waals surface area contributed by atoms with Crippen molar-refractivity contribution in [3.63, 3.8) is 0 Å². The summed E-state index contributed by atoms with van der Waals surface area (Å²) in [4.78, 5) is 25.7. The Balaban J connectivity index is 1.57. The molecule has 0 saturated carbocycles. The third-order valence-corrected chi connectivity index (χ3v) is 15.2. The molecule has 1 fully saturated rings. The molecule has 3 heterocycles. The lowest BCUT2D eigenvalue weighted by atomic mass is 10.2. The van der Waals surface area contributed by atoms with Gasteiger partial charge in [0.05, 0.1) is 11.1 Å². The minimum Gasteiger partial charge on any atom is -0.369 e. The van der Waals surface area contributed by atoms with Crippen LogP contribution in [0.4, 0.5) is 17.3 Å². The lowest BCUT2D eigenvalue weighted by molar-refractivity contribution is 0.485. The monoisotopic (exact) mass is 592 g/mol. The molecule has 43 heavy (non-hydrogen) atoms. The van der Waals surface area contributed by atoms with Crippen LogP contribution in [0.1, 0.15) is 54.0 Å². The molecule has 1 unspecified atom stereocenters. The predicted octanol–water partition coefficient (Wildman–Crippen LogP) is 6.89. The summed E-state index contributed by atoms with van der Waals surface area (Å²) in [5.41, 5.74) is 9.16. The van der Waals surface area contributed by atoms with Gasteiger partial charge in [0.1, 0.15) is 8.07 Å². The smallest absolute Gasteiger partial charge is 0.258 e. The zero-order valence-electron chi connectivity index (χ0n) is 26.5. The molecule has 0 bridgehead atoms. The maximum atomic E-state index is 13.7. The Labute approximate surface area is 256 Å². The fourth-order valence-electron chi connectivity index (χ4n) is 6.75. The summed E-state index contributed by atoms with van der Waals surface area (Å²) < 4.78 is 1.65. The molecular weight excluding hydrogens is 549 g/mol. The van der Waals surface area contributed by atoms with Crippen LogP contribution in [-0.2, 0) is 0 Å². The van der Waals surface area contributed by atoms with E-state index in [1.165, 1.54) is 5.69 Å². The molecule has 5 rings (SSSR count). The highest BCUT2D eigenvalue weighted by atomic mass is 28.3. The van der Waals surface area contributed by atoms with E-state index >= 15 is 0 Å². The lowest BCUT2D eigenvalue weighted by Gasteiger charge is -2.38. The molecule has 2 aromatic heterocycles. The van der Waals surface area contributed by atoms with Gasteiger partial charge in [-0.05, 0) is 59.9 Å². The first-order valence-electron chi connectivity index (χ1n) is 15.5. The second-order valence-electron chi connectivity index (χ2n) is 12.6. The minimum atomic E-state index is -2.01. The summed E-state index contributed by atoms with van der Waals surface area (Å²) in [5, 5.41) is 7.62. The molecule has 1 aliphatic heterocycles.